The molecule has 2 N–H and O–H groups in total. The van der Waals surface area contributed by atoms with Gasteiger partial charge < -0.3 is 20.3 Å². The Labute approximate surface area is 177 Å². The van der Waals surface area contributed by atoms with Gasteiger partial charge in [-0.2, -0.15) is 5.10 Å². The van der Waals surface area contributed by atoms with Gasteiger partial charge >= 0.3 is 0 Å². The number of ether oxygens (including phenoxy) is 1. The summed E-state index contributed by atoms with van der Waals surface area (Å²) in [4.78, 5) is 9.61. The molecule has 8 heteroatoms. The third kappa shape index (κ3) is 3.26. The Morgan fingerprint density at radius 3 is 2.87 bits per heavy atom. The molecular weight excluding hydrogens is 378 g/mol. The van der Waals surface area contributed by atoms with E-state index in [4.69, 9.17) is 14.8 Å². The molecule has 0 radical (unpaired) electrons. The van der Waals surface area contributed by atoms with Crippen molar-refractivity contribution in [2.75, 3.05) is 45.3 Å². The molecule has 0 bridgehead atoms. The van der Waals surface area contributed by atoms with Crippen molar-refractivity contribution in [2.24, 2.45) is 0 Å². The number of pyridine rings is 1. The fourth-order valence-corrected chi connectivity index (χ4v) is 4.47. The van der Waals surface area contributed by atoms with Gasteiger partial charge in [-0.1, -0.05) is 12.7 Å². The second-order valence-electron chi connectivity index (χ2n) is 8.16. The predicted molar refractivity (Wildman–Crippen MR) is 117 cm³/mol. The summed E-state index contributed by atoms with van der Waals surface area (Å²) in [5.41, 5.74) is 4.24. The monoisotopic (exact) mass is 407 g/mol. The Kier molecular flexibility index (Phi) is 4.96. The van der Waals surface area contributed by atoms with Crippen LogP contribution in [0.25, 0.3) is 11.4 Å². The van der Waals surface area contributed by atoms with Crippen molar-refractivity contribution < 1.29 is 4.74 Å². The van der Waals surface area contributed by atoms with Crippen LogP contribution in [0, 0.1) is 0 Å². The van der Waals surface area contributed by atoms with Gasteiger partial charge in [-0.25, -0.2) is 9.67 Å². The molecule has 3 aliphatic heterocycles. The fourth-order valence-electron chi connectivity index (χ4n) is 4.47. The second kappa shape index (κ2) is 7.77. The summed E-state index contributed by atoms with van der Waals surface area (Å²) < 4.78 is 7.21. The Balaban J connectivity index is 1.31. The van der Waals surface area contributed by atoms with E-state index in [9.17, 15) is 0 Å². The van der Waals surface area contributed by atoms with E-state index in [0.29, 0.717) is 12.1 Å². The smallest absolute Gasteiger partial charge is 0.153 e. The van der Waals surface area contributed by atoms with Gasteiger partial charge in [0.2, 0.25) is 0 Å². The molecule has 0 aliphatic carbocycles. The maximum atomic E-state index is 5.35. The molecule has 0 spiro atoms. The van der Waals surface area contributed by atoms with Crippen molar-refractivity contribution in [3.63, 3.8) is 0 Å². The number of nitrogens with one attached hydrogen (secondary N) is 2. The van der Waals surface area contributed by atoms with E-state index in [0.717, 1.165) is 61.3 Å². The number of nitrogens with zero attached hydrogens (tertiary/aromatic N) is 5. The first kappa shape index (κ1) is 19.1. The molecule has 2 aromatic rings. The number of aromatic nitrogens is 3. The first-order chi connectivity index (χ1) is 14.7. The Morgan fingerprint density at radius 2 is 2.20 bits per heavy atom. The number of allylic oxidation sites excluding steroid dienone is 2. The molecule has 8 nitrogen and oxygen atoms in total. The summed E-state index contributed by atoms with van der Waals surface area (Å²) >= 11 is 0. The molecule has 2 aromatic heterocycles. The van der Waals surface area contributed by atoms with Crippen molar-refractivity contribution in [1.29, 1.82) is 0 Å². The second-order valence-corrected chi connectivity index (χ2v) is 8.16. The molecule has 30 heavy (non-hydrogen) atoms. The maximum absolute atomic E-state index is 5.35. The molecule has 5 rings (SSSR count). The van der Waals surface area contributed by atoms with Gasteiger partial charge in [0.1, 0.15) is 11.5 Å². The van der Waals surface area contributed by atoms with E-state index in [-0.39, 0.29) is 0 Å². The van der Waals surface area contributed by atoms with Gasteiger partial charge in [0, 0.05) is 50.1 Å². The van der Waals surface area contributed by atoms with Crippen molar-refractivity contribution in [1.82, 2.24) is 30.3 Å². The van der Waals surface area contributed by atoms with Gasteiger partial charge in [0.15, 0.2) is 5.82 Å². The predicted octanol–water partition coefficient (Wildman–Crippen LogP) is 1.35. The lowest BCUT2D eigenvalue weighted by atomic mass is 10.1. The average Bonchev–Trinajstić information content (AvgIpc) is 3.39. The van der Waals surface area contributed by atoms with Crippen LogP contribution in [-0.4, -0.2) is 72.1 Å². The molecule has 158 valence electrons. The fraction of sp³-hybridized carbons (Fsp3) is 0.455. The van der Waals surface area contributed by atoms with Crippen LogP contribution in [0.1, 0.15) is 17.7 Å². The zero-order valence-electron chi connectivity index (χ0n) is 17.6. The summed E-state index contributed by atoms with van der Waals surface area (Å²) in [7, 11) is 4.12. The largest absolute Gasteiger partial charge is 0.378 e. The molecular formula is C22H29N7O. The lowest BCUT2D eigenvalue weighted by Crippen LogP contribution is -2.52. The highest BCUT2D eigenvalue weighted by atomic mass is 16.5. The Hall–Kier alpha value is -2.84. The van der Waals surface area contributed by atoms with Gasteiger partial charge in [0.25, 0.3) is 0 Å². The maximum Gasteiger partial charge on any atom is 0.153 e. The number of hydrogen-bond donors (Lipinski definition) is 2. The van der Waals surface area contributed by atoms with Gasteiger partial charge in [-0.05, 0) is 25.6 Å². The third-order valence-electron chi connectivity index (χ3n) is 6.49. The van der Waals surface area contributed by atoms with Crippen LogP contribution in [0.15, 0.2) is 43.0 Å². The quantitative estimate of drug-likeness (QED) is 0.749. The minimum absolute atomic E-state index is 0.578. The lowest BCUT2D eigenvalue weighted by Gasteiger charge is -2.38. The summed E-state index contributed by atoms with van der Waals surface area (Å²) in [5, 5.41) is 11.3. The number of rotatable bonds is 6. The first-order valence-corrected chi connectivity index (χ1v) is 10.6. The molecule has 0 aromatic carbocycles. The minimum atomic E-state index is 0.578. The third-order valence-corrected chi connectivity index (χ3v) is 6.49. The lowest BCUT2D eigenvalue weighted by molar-refractivity contribution is -0.0667. The highest BCUT2D eigenvalue weighted by Gasteiger charge is 2.33. The van der Waals surface area contributed by atoms with Crippen LogP contribution in [0.4, 0.5) is 5.69 Å². The van der Waals surface area contributed by atoms with Crippen molar-refractivity contribution in [2.45, 2.75) is 25.0 Å². The molecule has 0 saturated carbocycles. The van der Waals surface area contributed by atoms with Crippen LogP contribution in [0.5, 0.6) is 0 Å². The Morgan fingerprint density at radius 1 is 1.33 bits per heavy atom. The molecule has 2 saturated heterocycles. The zero-order valence-corrected chi connectivity index (χ0v) is 17.6. The van der Waals surface area contributed by atoms with Crippen molar-refractivity contribution in [3.05, 3.63) is 54.3 Å². The van der Waals surface area contributed by atoms with Crippen LogP contribution in [-0.2, 0) is 11.3 Å². The van der Waals surface area contributed by atoms with Gasteiger partial charge in [-0.3, -0.25) is 4.90 Å². The molecule has 0 amide bonds. The standard InChI is InChI=1S/C22H29N7O/c1-4-19-21-15(9-25-22(19)23-2)11-29(26-21)20-6-5-16(10-24-20)28-8-7-17(12-28)27(3)18-13-30-14-18/h4-6,10-11,17-18,23,25H,1,7-9,12-14H2,2-3H3. The van der Waals surface area contributed by atoms with Crippen LogP contribution in [0.2, 0.25) is 0 Å². The van der Waals surface area contributed by atoms with E-state index >= 15 is 0 Å². The number of anilines is 1. The SMILES string of the molecule is C=CC1=C(NC)NCc2cn(-c3ccc(N4CCC(N(C)C5COC5)C4)cn3)nc21. The first-order valence-electron chi connectivity index (χ1n) is 10.6. The number of likely N-dealkylation sites (N-methyl/N-ethyl adjacent to an activating group) is 1. The highest BCUT2D eigenvalue weighted by molar-refractivity contribution is 5.76. The molecule has 1 unspecified atom stereocenters. The van der Waals surface area contributed by atoms with Crippen molar-refractivity contribution >= 4 is 11.3 Å². The Bertz CT molecular complexity index is 960. The van der Waals surface area contributed by atoms with E-state index in [1.54, 1.807) is 0 Å². The minimum Gasteiger partial charge on any atom is -0.378 e. The van der Waals surface area contributed by atoms with E-state index in [1.807, 2.05) is 36.3 Å². The van der Waals surface area contributed by atoms with Crippen LogP contribution >= 0.6 is 0 Å². The summed E-state index contributed by atoms with van der Waals surface area (Å²) in [6.07, 6.45) is 7.02. The van der Waals surface area contributed by atoms with E-state index in [1.165, 1.54) is 12.1 Å². The van der Waals surface area contributed by atoms with Gasteiger partial charge in [0.05, 0.1) is 31.1 Å². The summed E-state index contributed by atoms with van der Waals surface area (Å²) in [5.74, 6) is 1.77. The molecule has 1 atom stereocenters. The summed E-state index contributed by atoms with van der Waals surface area (Å²) in [6.45, 7) is 8.50. The number of fused-ring (bicyclic) bond motifs is 1. The topological polar surface area (TPSA) is 70.5 Å². The normalized spacial score (nSPS) is 21.4. The van der Waals surface area contributed by atoms with E-state index < -0.39 is 0 Å². The highest BCUT2D eigenvalue weighted by Crippen LogP contribution is 2.27. The van der Waals surface area contributed by atoms with Crippen molar-refractivity contribution in [3.8, 4) is 5.82 Å². The zero-order chi connectivity index (χ0) is 20.7. The molecule has 3 aliphatic rings. The molecule has 5 heterocycles. The van der Waals surface area contributed by atoms with Crippen LogP contribution in [0.3, 0.4) is 0 Å². The van der Waals surface area contributed by atoms with E-state index in [2.05, 4.69) is 40.1 Å². The number of hydrogen-bond acceptors (Lipinski definition) is 7. The van der Waals surface area contributed by atoms with Gasteiger partial charge in [-0.15, -0.1) is 0 Å². The summed E-state index contributed by atoms with van der Waals surface area (Å²) in [6, 6.07) is 5.36. The van der Waals surface area contributed by atoms with Crippen LogP contribution < -0.4 is 15.5 Å². The molecule has 2 fully saturated rings. The average molecular weight is 408 g/mol.